The van der Waals surface area contributed by atoms with Gasteiger partial charge in [-0.2, -0.15) is 5.26 Å². The first kappa shape index (κ1) is 11.7. The first-order valence-electron chi connectivity index (χ1n) is 6.33. The van der Waals surface area contributed by atoms with Crippen molar-refractivity contribution in [1.29, 1.82) is 5.26 Å². The third-order valence-electron chi connectivity index (χ3n) is 3.62. The molecular weight excluding hydrogens is 240 g/mol. The van der Waals surface area contributed by atoms with E-state index in [4.69, 9.17) is 10.00 Å². The van der Waals surface area contributed by atoms with Gasteiger partial charge in [0.1, 0.15) is 11.8 Å². The van der Waals surface area contributed by atoms with Crippen LogP contribution in [-0.2, 0) is 0 Å². The third kappa shape index (κ3) is 1.95. The first-order valence-corrected chi connectivity index (χ1v) is 6.33. The summed E-state index contributed by atoms with van der Waals surface area (Å²) in [5.74, 6) is 1.21. The van der Waals surface area contributed by atoms with Crippen molar-refractivity contribution in [3.63, 3.8) is 0 Å². The molecule has 0 saturated heterocycles. The second-order valence-corrected chi connectivity index (χ2v) is 4.67. The molecule has 0 N–H and O–H groups in total. The highest BCUT2D eigenvalue weighted by Crippen LogP contribution is 2.38. The molecular formula is C14H14N4O. The van der Waals surface area contributed by atoms with Crippen LogP contribution in [0.25, 0.3) is 5.69 Å². The van der Waals surface area contributed by atoms with Gasteiger partial charge < -0.3 is 4.74 Å². The Morgan fingerprint density at radius 2 is 2.05 bits per heavy atom. The van der Waals surface area contributed by atoms with E-state index in [2.05, 4.69) is 16.4 Å². The van der Waals surface area contributed by atoms with E-state index in [0.717, 1.165) is 30.0 Å². The molecule has 0 amide bonds. The molecule has 1 fully saturated rings. The van der Waals surface area contributed by atoms with Crippen LogP contribution < -0.4 is 4.74 Å². The monoisotopic (exact) mass is 254 g/mol. The van der Waals surface area contributed by atoms with E-state index >= 15 is 0 Å². The van der Waals surface area contributed by atoms with Gasteiger partial charge in [-0.25, -0.2) is 4.68 Å². The van der Waals surface area contributed by atoms with Gasteiger partial charge in [-0.05, 0) is 37.1 Å². The zero-order valence-electron chi connectivity index (χ0n) is 10.7. The van der Waals surface area contributed by atoms with Crippen molar-refractivity contribution in [3.05, 3.63) is 35.7 Å². The molecule has 0 atom stereocenters. The van der Waals surface area contributed by atoms with E-state index < -0.39 is 0 Å². The normalized spacial score (nSPS) is 14.7. The molecule has 0 unspecified atom stereocenters. The van der Waals surface area contributed by atoms with Gasteiger partial charge in [0, 0.05) is 5.92 Å². The van der Waals surface area contributed by atoms with Crippen molar-refractivity contribution in [3.8, 4) is 17.5 Å². The van der Waals surface area contributed by atoms with Crippen LogP contribution in [0.3, 0.4) is 0 Å². The van der Waals surface area contributed by atoms with Crippen molar-refractivity contribution >= 4 is 0 Å². The summed E-state index contributed by atoms with van der Waals surface area (Å²) in [6.45, 7) is 0. The van der Waals surface area contributed by atoms with Gasteiger partial charge >= 0.3 is 0 Å². The molecule has 2 aromatic rings. The number of benzene rings is 1. The van der Waals surface area contributed by atoms with Gasteiger partial charge in [-0.15, -0.1) is 5.10 Å². The Morgan fingerprint density at radius 1 is 1.32 bits per heavy atom. The van der Waals surface area contributed by atoms with Crippen molar-refractivity contribution in [1.82, 2.24) is 15.0 Å². The smallest absolute Gasteiger partial charge is 0.186 e. The quantitative estimate of drug-likeness (QED) is 0.843. The molecule has 1 aliphatic rings. The minimum Gasteiger partial charge on any atom is -0.497 e. The van der Waals surface area contributed by atoms with Crippen LogP contribution in [-0.4, -0.2) is 22.1 Å². The standard InChI is InChI=1S/C14H14N4O/c1-19-12-7-5-11(6-8-12)18-14(10-3-2-4-10)13(9-15)16-17-18/h5-8,10H,2-4H2,1H3. The SMILES string of the molecule is COc1ccc(-n2nnc(C#N)c2C2CCC2)cc1. The Morgan fingerprint density at radius 3 is 2.58 bits per heavy atom. The minimum absolute atomic E-state index is 0.409. The van der Waals surface area contributed by atoms with Gasteiger partial charge in [0.15, 0.2) is 5.69 Å². The summed E-state index contributed by atoms with van der Waals surface area (Å²) in [6.07, 6.45) is 3.43. The van der Waals surface area contributed by atoms with Crippen LogP contribution in [0.15, 0.2) is 24.3 Å². The summed E-state index contributed by atoms with van der Waals surface area (Å²) in [7, 11) is 1.64. The minimum atomic E-state index is 0.409. The van der Waals surface area contributed by atoms with E-state index in [1.807, 2.05) is 24.3 Å². The number of hydrogen-bond acceptors (Lipinski definition) is 4. The van der Waals surface area contributed by atoms with Crippen LogP contribution >= 0.6 is 0 Å². The van der Waals surface area contributed by atoms with Crippen molar-refractivity contribution in [2.75, 3.05) is 7.11 Å². The van der Waals surface area contributed by atoms with Crippen molar-refractivity contribution in [2.45, 2.75) is 25.2 Å². The zero-order valence-corrected chi connectivity index (χ0v) is 10.7. The molecule has 1 aromatic heterocycles. The number of ether oxygens (including phenoxy) is 1. The summed E-state index contributed by atoms with van der Waals surface area (Å²) in [5.41, 5.74) is 2.30. The lowest BCUT2D eigenvalue weighted by Crippen LogP contribution is -2.15. The first-order chi connectivity index (χ1) is 9.33. The molecule has 0 aliphatic heterocycles. The van der Waals surface area contributed by atoms with Crippen LogP contribution in [0.1, 0.15) is 36.6 Å². The number of rotatable bonds is 3. The molecule has 1 heterocycles. The van der Waals surface area contributed by atoms with E-state index in [1.165, 1.54) is 6.42 Å². The van der Waals surface area contributed by atoms with Gasteiger partial charge in [0.2, 0.25) is 0 Å². The number of aromatic nitrogens is 3. The molecule has 3 rings (SSSR count). The maximum absolute atomic E-state index is 9.14. The number of nitriles is 1. The van der Waals surface area contributed by atoms with Gasteiger partial charge in [-0.3, -0.25) is 0 Å². The lowest BCUT2D eigenvalue weighted by Gasteiger charge is -2.25. The topological polar surface area (TPSA) is 63.7 Å². The molecule has 1 aliphatic carbocycles. The second-order valence-electron chi connectivity index (χ2n) is 4.67. The summed E-state index contributed by atoms with van der Waals surface area (Å²) >= 11 is 0. The van der Waals surface area contributed by atoms with Crippen molar-refractivity contribution in [2.24, 2.45) is 0 Å². The maximum Gasteiger partial charge on any atom is 0.186 e. The molecule has 0 bridgehead atoms. The molecule has 19 heavy (non-hydrogen) atoms. The molecule has 5 heteroatoms. The fourth-order valence-electron chi connectivity index (χ4n) is 2.33. The third-order valence-corrected chi connectivity index (χ3v) is 3.62. The summed E-state index contributed by atoms with van der Waals surface area (Å²) < 4.78 is 6.92. The molecule has 5 nitrogen and oxygen atoms in total. The van der Waals surface area contributed by atoms with Crippen LogP contribution in [0, 0.1) is 11.3 Å². The second kappa shape index (κ2) is 4.73. The molecule has 0 spiro atoms. The number of methoxy groups -OCH3 is 1. The molecule has 1 saturated carbocycles. The molecule has 0 radical (unpaired) electrons. The predicted octanol–water partition coefficient (Wildman–Crippen LogP) is 2.42. The van der Waals surface area contributed by atoms with E-state index in [0.29, 0.717) is 11.6 Å². The molecule has 1 aromatic carbocycles. The Kier molecular flexibility index (Phi) is 2.92. The zero-order chi connectivity index (χ0) is 13.2. The van der Waals surface area contributed by atoms with Crippen molar-refractivity contribution < 1.29 is 4.74 Å². The highest BCUT2D eigenvalue weighted by atomic mass is 16.5. The number of nitrogens with zero attached hydrogens (tertiary/aromatic N) is 4. The Balaban J connectivity index is 2.04. The predicted molar refractivity (Wildman–Crippen MR) is 69.2 cm³/mol. The van der Waals surface area contributed by atoms with Crippen LogP contribution in [0.5, 0.6) is 5.75 Å². The van der Waals surface area contributed by atoms with Gasteiger partial charge in [0.05, 0.1) is 18.5 Å². The largest absolute Gasteiger partial charge is 0.497 e. The Bertz CT molecular complexity index is 620. The van der Waals surface area contributed by atoms with Gasteiger partial charge in [-0.1, -0.05) is 11.6 Å². The molecule has 96 valence electrons. The highest BCUT2D eigenvalue weighted by Gasteiger charge is 2.28. The van der Waals surface area contributed by atoms with E-state index in [1.54, 1.807) is 11.8 Å². The lowest BCUT2D eigenvalue weighted by atomic mass is 9.82. The fraction of sp³-hybridized carbons (Fsp3) is 0.357. The average Bonchev–Trinajstić information content (AvgIpc) is 2.80. The van der Waals surface area contributed by atoms with Gasteiger partial charge in [0.25, 0.3) is 0 Å². The van der Waals surface area contributed by atoms with E-state index in [9.17, 15) is 0 Å². The maximum atomic E-state index is 9.14. The lowest BCUT2D eigenvalue weighted by molar-refractivity contribution is 0.402. The summed E-state index contributed by atoms with van der Waals surface area (Å²) in [4.78, 5) is 0. The van der Waals surface area contributed by atoms with Crippen LogP contribution in [0.2, 0.25) is 0 Å². The fourth-order valence-corrected chi connectivity index (χ4v) is 2.33. The highest BCUT2D eigenvalue weighted by molar-refractivity contribution is 5.41. The van der Waals surface area contributed by atoms with E-state index in [-0.39, 0.29) is 0 Å². The number of hydrogen-bond donors (Lipinski definition) is 0. The summed E-state index contributed by atoms with van der Waals surface area (Å²) in [6, 6.07) is 9.76. The Hall–Kier alpha value is -2.35. The summed E-state index contributed by atoms with van der Waals surface area (Å²) in [5, 5.41) is 17.2. The average molecular weight is 254 g/mol. The Labute approximate surface area is 111 Å². The van der Waals surface area contributed by atoms with Crippen LogP contribution in [0.4, 0.5) is 0 Å².